The molecule has 1 aliphatic heterocycles. The van der Waals surface area contributed by atoms with Crippen LogP contribution in [0.15, 0.2) is 0 Å². The molecular weight excluding hydrogens is 151 g/mol. The van der Waals surface area contributed by atoms with Gasteiger partial charge in [0.05, 0.1) is 5.84 Å². The Kier molecular flexibility index (Phi) is 2.35. The number of likely N-dealkylation sites (tertiary alicyclic amines) is 1. The van der Waals surface area contributed by atoms with Crippen LogP contribution in [0.1, 0.15) is 12.8 Å². The van der Waals surface area contributed by atoms with Crippen molar-refractivity contribution < 1.29 is 9.46 Å². The zero-order valence-electron chi connectivity index (χ0n) is 5.58. The van der Waals surface area contributed by atoms with Gasteiger partial charge in [-0.05, 0) is 11.0 Å². The summed E-state index contributed by atoms with van der Waals surface area (Å²) in [6.07, 6.45) is 1.83. The summed E-state index contributed by atoms with van der Waals surface area (Å²) in [6, 6.07) is 0. The summed E-state index contributed by atoms with van der Waals surface area (Å²) in [7, 11) is -2.10. The van der Waals surface area contributed by atoms with Gasteiger partial charge in [-0.1, -0.05) is 0 Å². The van der Waals surface area contributed by atoms with E-state index in [-0.39, 0.29) is 6.29 Å². The highest BCUT2D eigenvalue weighted by Gasteiger charge is 2.24. The predicted octanol–water partition coefficient (Wildman–Crippen LogP) is 0.752. The lowest BCUT2D eigenvalue weighted by Gasteiger charge is -2.08. The number of hydrogen-bond donors (Lipinski definition) is 2. The number of hydrogen-bond acceptors (Lipinski definition) is 2. The summed E-state index contributed by atoms with van der Waals surface area (Å²) >= 11 is 0. The van der Waals surface area contributed by atoms with E-state index in [4.69, 9.17) is 10.3 Å². The second kappa shape index (κ2) is 3.08. The molecule has 56 valence electrons. The van der Waals surface area contributed by atoms with Crippen LogP contribution < -0.4 is 0 Å². The fourth-order valence-corrected chi connectivity index (χ4v) is 1.64. The van der Waals surface area contributed by atoms with Gasteiger partial charge in [0, 0.05) is 13.0 Å². The third kappa shape index (κ3) is 1.75. The largest absolute Gasteiger partial charge is 0.527 e. The summed E-state index contributed by atoms with van der Waals surface area (Å²) in [4.78, 5) is 10.2. The van der Waals surface area contributed by atoms with Crippen molar-refractivity contribution in [1.82, 2.24) is 4.90 Å². The molecule has 1 fully saturated rings. The Morgan fingerprint density at radius 3 is 2.90 bits per heavy atom. The van der Waals surface area contributed by atoms with Crippen molar-refractivity contribution in [3.05, 3.63) is 0 Å². The fourth-order valence-electron chi connectivity index (χ4n) is 1.03. The first kappa shape index (κ1) is 7.63. The molecule has 2 N–H and O–H groups in total. The monoisotopic (exact) mass is 161 g/mol. The summed E-state index contributed by atoms with van der Waals surface area (Å²) in [5.41, 5.74) is 0. The predicted molar refractivity (Wildman–Crippen MR) is 38.4 cm³/mol. The first-order valence-corrected chi connectivity index (χ1v) is 4.56. The van der Waals surface area contributed by atoms with Crippen molar-refractivity contribution in [3.63, 3.8) is 0 Å². The first-order valence-electron chi connectivity index (χ1n) is 3.16. The molecule has 0 aromatic carbocycles. The zero-order valence-corrected chi connectivity index (χ0v) is 6.47. The lowest BCUT2D eigenvalue weighted by molar-refractivity contribution is 0.454. The van der Waals surface area contributed by atoms with Gasteiger partial charge in [0.25, 0.3) is 6.29 Å². The molecule has 10 heavy (non-hydrogen) atoms. The van der Waals surface area contributed by atoms with Crippen molar-refractivity contribution >= 4 is 13.9 Å². The average molecular weight is 161 g/mol. The van der Waals surface area contributed by atoms with Crippen molar-refractivity contribution in [3.8, 4) is 0 Å². The number of rotatable bonds is 2. The van der Waals surface area contributed by atoms with Crippen LogP contribution in [0.2, 0.25) is 0 Å². The van der Waals surface area contributed by atoms with E-state index in [0.29, 0.717) is 5.84 Å². The highest BCUT2D eigenvalue weighted by Crippen LogP contribution is 2.19. The second-order valence-corrected chi connectivity index (χ2v) is 3.29. The van der Waals surface area contributed by atoms with E-state index in [1.165, 1.54) is 0 Å². The molecule has 1 saturated heterocycles. The molecule has 0 bridgehead atoms. The quantitative estimate of drug-likeness (QED) is 0.587. The Hall–Kier alpha value is -0.470. The Bertz CT molecular complexity index is 171. The summed E-state index contributed by atoms with van der Waals surface area (Å²) in [5.74, 6) is 0.498. The molecule has 1 rings (SSSR count). The smallest absolute Gasteiger partial charge is 0.317 e. The maximum absolute atomic E-state index is 10.3. The van der Waals surface area contributed by atoms with Crippen LogP contribution in [0.5, 0.6) is 0 Å². The molecule has 0 aromatic heterocycles. The number of nitrogens with zero attached hydrogens (tertiary/aromatic N) is 1. The molecule has 1 atom stereocenters. The van der Waals surface area contributed by atoms with Crippen LogP contribution in [0.25, 0.3) is 0 Å². The normalized spacial score (nSPS) is 19.9. The van der Waals surface area contributed by atoms with E-state index in [1.807, 2.05) is 0 Å². The minimum Gasteiger partial charge on any atom is -0.317 e. The third-order valence-electron chi connectivity index (χ3n) is 1.52. The van der Waals surface area contributed by atoms with Gasteiger partial charge in [0.1, 0.15) is 0 Å². The lowest BCUT2D eigenvalue weighted by Crippen LogP contribution is -2.23. The Morgan fingerprint density at radius 2 is 2.50 bits per heavy atom. The standard InChI is InChI=1S/C5H9N2O2P/c6-5-2-1-3-7(5)4-10(8)9/h6H,1-4H2/p+1. The van der Waals surface area contributed by atoms with E-state index in [9.17, 15) is 4.57 Å². The minimum absolute atomic E-state index is 0.133. The number of nitrogens with one attached hydrogen (secondary N) is 1. The van der Waals surface area contributed by atoms with Gasteiger partial charge in [-0.15, -0.1) is 0 Å². The molecule has 0 radical (unpaired) electrons. The second-order valence-electron chi connectivity index (χ2n) is 2.31. The van der Waals surface area contributed by atoms with Gasteiger partial charge < -0.3 is 4.90 Å². The molecule has 0 saturated carbocycles. The first-order chi connectivity index (χ1) is 4.70. The van der Waals surface area contributed by atoms with Gasteiger partial charge in [0.15, 0.2) is 0 Å². The van der Waals surface area contributed by atoms with Gasteiger partial charge in [0.2, 0.25) is 0 Å². The van der Waals surface area contributed by atoms with Gasteiger partial charge in [-0.25, -0.2) is 0 Å². The molecule has 1 unspecified atom stereocenters. The average Bonchev–Trinajstić information content (AvgIpc) is 2.15. The lowest BCUT2D eigenvalue weighted by atomic mass is 10.4. The van der Waals surface area contributed by atoms with E-state index in [0.717, 1.165) is 19.4 Å². The Morgan fingerprint density at radius 1 is 1.80 bits per heavy atom. The molecule has 0 spiro atoms. The molecule has 1 heterocycles. The van der Waals surface area contributed by atoms with Crippen LogP contribution in [-0.2, 0) is 4.57 Å². The summed E-state index contributed by atoms with van der Waals surface area (Å²) in [5, 5.41) is 7.29. The van der Waals surface area contributed by atoms with Crippen LogP contribution in [-0.4, -0.2) is 28.5 Å². The Balaban J connectivity index is 2.40. The third-order valence-corrected chi connectivity index (χ3v) is 2.10. The molecular formula is C5H10N2O2P+. The zero-order chi connectivity index (χ0) is 7.56. The fraction of sp³-hybridized carbons (Fsp3) is 0.800. The molecule has 0 aromatic rings. The van der Waals surface area contributed by atoms with Gasteiger partial charge in [-0.3, -0.25) is 5.41 Å². The maximum atomic E-state index is 10.3. The van der Waals surface area contributed by atoms with Crippen LogP contribution in [0, 0.1) is 5.41 Å². The SMILES string of the molecule is N=C1CCCN1C[P+](=O)O. The van der Waals surface area contributed by atoms with Crippen molar-refractivity contribution in [2.24, 2.45) is 0 Å². The van der Waals surface area contributed by atoms with Crippen LogP contribution >= 0.6 is 8.03 Å². The van der Waals surface area contributed by atoms with E-state index in [2.05, 4.69) is 0 Å². The van der Waals surface area contributed by atoms with Gasteiger partial charge >= 0.3 is 8.03 Å². The van der Waals surface area contributed by atoms with Crippen molar-refractivity contribution in [2.45, 2.75) is 12.8 Å². The summed E-state index contributed by atoms with van der Waals surface area (Å²) < 4.78 is 10.3. The van der Waals surface area contributed by atoms with Crippen LogP contribution in [0.4, 0.5) is 0 Å². The molecule has 1 aliphatic rings. The summed E-state index contributed by atoms with van der Waals surface area (Å²) in [6.45, 7) is 0.764. The maximum Gasteiger partial charge on any atom is 0.527 e. The highest BCUT2D eigenvalue weighted by atomic mass is 31.1. The molecule has 4 nitrogen and oxygen atoms in total. The minimum atomic E-state index is -2.10. The molecule has 0 aliphatic carbocycles. The highest BCUT2D eigenvalue weighted by molar-refractivity contribution is 7.37. The van der Waals surface area contributed by atoms with Gasteiger partial charge in [-0.2, -0.15) is 4.89 Å². The van der Waals surface area contributed by atoms with Crippen molar-refractivity contribution in [1.29, 1.82) is 5.41 Å². The van der Waals surface area contributed by atoms with E-state index >= 15 is 0 Å². The molecule has 0 amide bonds. The Labute approximate surface area is 60.2 Å². The van der Waals surface area contributed by atoms with Crippen molar-refractivity contribution in [2.75, 3.05) is 12.8 Å². The van der Waals surface area contributed by atoms with Crippen LogP contribution in [0.3, 0.4) is 0 Å². The van der Waals surface area contributed by atoms with E-state index in [1.54, 1.807) is 4.90 Å². The topological polar surface area (TPSA) is 64.4 Å². The number of amidine groups is 1. The van der Waals surface area contributed by atoms with E-state index < -0.39 is 8.03 Å². The molecule has 5 heteroatoms.